The molecule has 0 atom stereocenters. The number of pyridine rings is 1. The van der Waals surface area contributed by atoms with Gasteiger partial charge >= 0.3 is 6.18 Å². The fraction of sp³-hybridized carbons (Fsp3) is 0.545. The van der Waals surface area contributed by atoms with Crippen LogP contribution in [0.2, 0.25) is 0 Å². The minimum absolute atomic E-state index is 0.0322. The molecule has 1 aromatic rings. The van der Waals surface area contributed by atoms with Crippen LogP contribution in [0.3, 0.4) is 0 Å². The van der Waals surface area contributed by atoms with E-state index in [1.807, 2.05) is 0 Å². The smallest absolute Gasteiger partial charge is 0.355 e. The SMILES string of the molecule is NNc1cc(C(F)(F)F)cc(N2CCCS(=O)(=O)CC2)n1. The highest BCUT2D eigenvalue weighted by Crippen LogP contribution is 2.33. The summed E-state index contributed by atoms with van der Waals surface area (Å²) in [6, 6.07) is 1.71. The Labute approximate surface area is 120 Å². The van der Waals surface area contributed by atoms with Crippen LogP contribution in [0, 0.1) is 0 Å². The summed E-state index contributed by atoms with van der Waals surface area (Å²) in [4.78, 5) is 5.50. The average Bonchev–Trinajstić information content (AvgIpc) is 2.58. The maximum atomic E-state index is 12.8. The molecule has 2 rings (SSSR count). The van der Waals surface area contributed by atoms with Crippen LogP contribution in [0.5, 0.6) is 0 Å². The second-order valence-corrected chi connectivity index (χ2v) is 7.04. The van der Waals surface area contributed by atoms with E-state index in [9.17, 15) is 21.6 Å². The molecule has 0 spiro atoms. The van der Waals surface area contributed by atoms with Crippen molar-refractivity contribution in [2.75, 3.05) is 34.9 Å². The van der Waals surface area contributed by atoms with Crippen LogP contribution in [0.1, 0.15) is 12.0 Å². The molecule has 0 aromatic carbocycles. The lowest BCUT2D eigenvalue weighted by Gasteiger charge is -2.22. The number of anilines is 2. The lowest BCUT2D eigenvalue weighted by Crippen LogP contribution is -2.28. The van der Waals surface area contributed by atoms with Gasteiger partial charge in [0.1, 0.15) is 11.6 Å². The van der Waals surface area contributed by atoms with E-state index in [-0.39, 0.29) is 29.7 Å². The van der Waals surface area contributed by atoms with Gasteiger partial charge in [-0.25, -0.2) is 19.2 Å². The summed E-state index contributed by atoms with van der Waals surface area (Å²) in [5.74, 6) is 5.02. The molecule has 10 heteroatoms. The van der Waals surface area contributed by atoms with E-state index in [0.29, 0.717) is 13.0 Å². The Morgan fingerprint density at radius 1 is 1.24 bits per heavy atom. The molecule has 0 unspecified atom stereocenters. The summed E-state index contributed by atoms with van der Waals surface area (Å²) in [6.45, 7) is 0.443. The van der Waals surface area contributed by atoms with Crippen LogP contribution in [0.15, 0.2) is 12.1 Å². The number of aromatic nitrogens is 1. The van der Waals surface area contributed by atoms with Gasteiger partial charge in [0.25, 0.3) is 0 Å². The number of nitrogen functional groups attached to an aromatic ring is 1. The van der Waals surface area contributed by atoms with E-state index in [2.05, 4.69) is 10.4 Å². The van der Waals surface area contributed by atoms with Crippen LogP contribution >= 0.6 is 0 Å². The third-order valence-corrected chi connectivity index (χ3v) is 4.88. The van der Waals surface area contributed by atoms with Gasteiger partial charge in [0.15, 0.2) is 9.84 Å². The lowest BCUT2D eigenvalue weighted by atomic mass is 10.2. The van der Waals surface area contributed by atoms with Crippen molar-refractivity contribution in [1.29, 1.82) is 0 Å². The lowest BCUT2D eigenvalue weighted by molar-refractivity contribution is -0.137. The van der Waals surface area contributed by atoms with E-state index in [0.717, 1.165) is 12.1 Å². The second kappa shape index (κ2) is 5.68. The number of hydrogen-bond acceptors (Lipinski definition) is 6. The Hall–Kier alpha value is -1.55. The number of nitrogens with two attached hydrogens (primary N) is 1. The van der Waals surface area contributed by atoms with Crippen molar-refractivity contribution in [2.24, 2.45) is 5.84 Å². The summed E-state index contributed by atoms with van der Waals surface area (Å²) < 4.78 is 61.6. The van der Waals surface area contributed by atoms with E-state index in [4.69, 9.17) is 5.84 Å². The third-order valence-electron chi connectivity index (χ3n) is 3.17. The normalized spacial score (nSPS) is 19.1. The van der Waals surface area contributed by atoms with E-state index >= 15 is 0 Å². The van der Waals surface area contributed by atoms with Gasteiger partial charge in [-0.05, 0) is 18.6 Å². The second-order valence-electron chi connectivity index (χ2n) is 4.73. The molecule has 0 saturated carbocycles. The van der Waals surface area contributed by atoms with Crippen molar-refractivity contribution in [2.45, 2.75) is 12.6 Å². The van der Waals surface area contributed by atoms with Gasteiger partial charge in [-0.3, -0.25) is 0 Å². The number of rotatable bonds is 2. The molecule has 0 aliphatic carbocycles. The minimum Gasteiger partial charge on any atom is -0.355 e. The standard InChI is InChI=1S/C11H15F3N4O2S/c12-11(13,14)8-6-9(17-15)16-10(7-8)18-2-1-4-21(19,20)5-3-18/h6-7H,1-5,15H2,(H,16,17). The molecule has 1 aliphatic rings. The fourth-order valence-corrected chi connectivity index (χ4v) is 3.35. The summed E-state index contributed by atoms with van der Waals surface area (Å²) in [6.07, 6.45) is -4.17. The van der Waals surface area contributed by atoms with Crippen molar-refractivity contribution in [1.82, 2.24) is 4.98 Å². The Kier molecular flexibility index (Phi) is 4.28. The molecular formula is C11H15F3N4O2S. The van der Waals surface area contributed by atoms with Crippen LogP contribution in [-0.4, -0.2) is 38.0 Å². The van der Waals surface area contributed by atoms with Gasteiger partial charge in [0.05, 0.1) is 17.1 Å². The zero-order valence-corrected chi connectivity index (χ0v) is 11.8. The van der Waals surface area contributed by atoms with E-state index in [1.54, 1.807) is 0 Å². The summed E-state index contributed by atoms with van der Waals surface area (Å²) in [5, 5.41) is 0. The quantitative estimate of drug-likeness (QED) is 0.623. The zero-order valence-electron chi connectivity index (χ0n) is 11.0. The molecule has 6 nitrogen and oxygen atoms in total. The highest BCUT2D eigenvalue weighted by atomic mass is 32.2. The number of halogens is 3. The first-order valence-corrected chi connectivity index (χ1v) is 8.05. The monoisotopic (exact) mass is 324 g/mol. The Morgan fingerprint density at radius 2 is 1.95 bits per heavy atom. The maximum absolute atomic E-state index is 12.8. The van der Waals surface area contributed by atoms with Crippen LogP contribution in [0.25, 0.3) is 0 Å². The first-order chi connectivity index (χ1) is 9.71. The van der Waals surface area contributed by atoms with Crippen LogP contribution < -0.4 is 16.2 Å². The van der Waals surface area contributed by atoms with Crippen molar-refractivity contribution in [3.8, 4) is 0 Å². The molecule has 0 radical (unpaired) electrons. The number of alkyl halides is 3. The average molecular weight is 324 g/mol. The van der Waals surface area contributed by atoms with Gasteiger partial charge in [0, 0.05) is 13.1 Å². The predicted molar refractivity (Wildman–Crippen MR) is 72.5 cm³/mol. The Bertz CT molecular complexity index is 618. The fourth-order valence-electron chi connectivity index (χ4n) is 2.08. The summed E-state index contributed by atoms with van der Waals surface area (Å²) >= 11 is 0. The van der Waals surface area contributed by atoms with Gasteiger partial charge < -0.3 is 10.3 Å². The number of hydrazine groups is 1. The Balaban J connectivity index is 2.34. The molecule has 1 saturated heterocycles. The van der Waals surface area contributed by atoms with E-state index < -0.39 is 21.6 Å². The van der Waals surface area contributed by atoms with Gasteiger partial charge in [-0.1, -0.05) is 0 Å². The molecular weight excluding hydrogens is 309 g/mol. The minimum atomic E-state index is -4.53. The topological polar surface area (TPSA) is 88.3 Å². The highest BCUT2D eigenvalue weighted by Gasteiger charge is 2.32. The molecule has 21 heavy (non-hydrogen) atoms. The van der Waals surface area contributed by atoms with Crippen LogP contribution in [-0.2, 0) is 16.0 Å². The molecule has 0 bridgehead atoms. The van der Waals surface area contributed by atoms with Gasteiger partial charge in [-0.2, -0.15) is 13.2 Å². The van der Waals surface area contributed by atoms with E-state index in [1.165, 1.54) is 4.90 Å². The van der Waals surface area contributed by atoms with Crippen molar-refractivity contribution in [3.63, 3.8) is 0 Å². The molecule has 1 fully saturated rings. The first kappa shape index (κ1) is 15.8. The third kappa shape index (κ3) is 3.97. The van der Waals surface area contributed by atoms with Gasteiger partial charge in [0.2, 0.25) is 0 Å². The molecule has 0 amide bonds. The molecule has 1 aliphatic heterocycles. The number of sulfone groups is 1. The van der Waals surface area contributed by atoms with Crippen molar-refractivity contribution < 1.29 is 21.6 Å². The largest absolute Gasteiger partial charge is 0.416 e. The Morgan fingerprint density at radius 3 is 2.57 bits per heavy atom. The molecule has 1 aromatic heterocycles. The summed E-state index contributed by atoms with van der Waals surface area (Å²) in [5.41, 5.74) is 1.21. The number of nitrogens with one attached hydrogen (secondary N) is 1. The van der Waals surface area contributed by atoms with Crippen molar-refractivity contribution >= 4 is 21.5 Å². The first-order valence-electron chi connectivity index (χ1n) is 6.22. The predicted octanol–water partition coefficient (Wildman–Crippen LogP) is 1.01. The maximum Gasteiger partial charge on any atom is 0.416 e. The summed E-state index contributed by atoms with van der Waals surface area (Å²) in [7, 11) is -3.15. The molecule has 2 heterocycles. The highest BCUT2D eigenvalue weighted by molar-refractivity contribution is 7.91. The van der Waals surface area contributed by atoms with Gasteiger partial charge in [-0.15, -0.1) is 0 Å². The zero-order chi connectivity index (χ0) is 15.7. The van der Waals surface area contributed by atoms with Crippen molar-refractivity contribution in [3.05, 3.63) is 17.7 Å². The molecule has 118 valence electrons. The number of hydrogen-bond donors (Lipinski definition) is 2. The molecule has 3 N–H and O–H groups in total. The number of nitrogens with zero attached hydrogens (tertiary/aromatic N) is 2. The van der Waals surface area contributed by atoms with Crippen LogP contribution in [0.4, 0.5) is 24.8 Å².